The Morgan fingerprint density at radius 1 is 0.893 bits per heavy atom. The molecule has 1 N–H and O–H groups in total. The molecule has 0 saturated heterocycles. The highest BCUT2D eigenvalue weighted by molar-refractivity contribution is 5.92. The molecule has 0 aliphatic rings. The van der Waals surface area contributed by atoms with Gasteiger partial charge in [0.15, 0.2) is 11.5 Å². The fourth-order valence-corrected chi connectivity index (χ4v) is 2.79. The third-order valence-electron chi connectivity index (χ3n) is 4.13. The largest absolute Gasteiger partial charge is 0.496 e. The fraction of sp³-hybridized carbons (Fsp3) is 0.190. The third kappa shape index (κ3) is 4.37. The number of methoxy groups -OCH3 is 3. The minimum Gasteiger partial charge on any atom is -0.496 e. The van der Waals surface area contributed by atoms with E-state index in [1.807, 2.05) is 30.3 Å². The zero-order valence-corrected chi connectivity index (χ0v) is 15.9. The number of aromatic nitrogens is 2. The Bertz CT molecular complexity index is 975. The van der Waals surface area contributed by atoms with Crippen LogP contribution in [0.4, 0.5) is 5.82 Å². The van der Waals surface area contributed by atoms with Crippen molar-refractivity contribution in [2.45, 2.75) is 6.42 Å². The van der Waals surface area contributed by atoms with Crippen molar-refractivity contribution in [1.29, 1.82) is 0 Å². The average Bonchev–Trinajstić information content (AvgIpc) is 2.73. The Morgan fingerprint density at radius 3 is 2.39 bits per heavy atom. The van der Waals surface area contributed by atoms with Gasteiger partial charge in [-0.15, -0.1) is 0 Å². The number of hydrogen-bond donors (Lipinski definition) is 1. The number of nitrogens with zero attached hydrogens (tertiary/aromatic N) is 2. The molecule has 0 fully saturated rings. The lowest BCUT2D eigenvalue weighted by Gasteiger charge is -2.10. The van der Waals surface area contributed by atoms with E-state index >= 15 is 0 Å². The molecular weight excluding hydrogens is 358 g/mol. The first-order valence-electron chi connectivity index (χ1n) is 8.60. The smallest absolute Gasteiger partial charge is 0.229 e. The van der Waals surface area contributed by atoms with Gasteiger partial charge in [-0.3, -0.25) is 4.79 Å². The zero-order valence-electron chi connectivity index (χ0n) is 15.9. The zero-order chi connectivity index (χ0) is 19.9. The van der Waals surface area contributed by atoms with Gasteiger partial charge in [-0.1, -0.05) is 18.2 Å². The van der Waals surface area contributed by atoms with Crippen LogP contribution in [0.25, 0.3) is 11.3 Å². The predicted octanol–water partition coefficient (Wildman–Crippen LogP) is 3.35. The number of hydrogen-bond acceptors (Lipinski definition) is 6. The number of amides is 1. The molecule has 3 rings (SSSR count). The van der Waals surface area contributed by atoms with Crippen molar-refractivity contribution < 1.29 is 19.0 Å². The average molecular weight is 379 g/mol. The fourth-order valence-electron chi connectivity index (χ4n) is 2.79. The van der Waals surface area contributed by atoms with E-state index in [1.165, 1.54) is 6.33 Å². The van der Waals surface area contributed by atoms with Gasteiger partial charge < -0.3 is 19.5 Å². The number of benzene rings is 2. The maximum Gasteiger partial charge on any atom is 0.229 e. The molecule has 0 bridgehead atoms. The number of carbonyl (C=O) groups is 1. The van der Waals surface area contributed by atoms with Crippen molar-refractivity contribution in [3.8, 4) is 28.5 Å². The highest BCUT2D eigenvalue weighted by atomic mass is 16.5. The normalized spacial score (nSPS) is 10.2. The standard InChI is InChI=1S/C21H21N3O4/c1-26-17-7-5-4-6-15(17)16-12-20(23-13-22-16)24-21(25)11-14-8-9-18(27-2)19(10-14)28-3/h4-10,12-13H,11H2,1-3H3,(H,22,23,24,25). The molecule has 7 nitrogen and oxygen atoms in total. The SMILES string of the molecule is COc1ccc(CC(=O)Nc2cc(-c3ccccc3OC)ncn2)cc1OC. The topological polar surface area (TPSA) is 82.6 Å². The second kappa shape index (κ2) is 8.85. The highest BCUT2D eigenvalue weighted by Gasteiger charge is 2.11. The van der Waals surface area contributed by atoms with Gasteiger partial charge in [-0.2, -0.15) is 0 Å². The van der Waals surface area contributed by atoms with E-state index in [4.69, 9.17) is 14.2 Å². The van der Waals surface area contributed by atoms with E-state index in [2.05, 4.69) is 15.3 Å². The molecule has 1 aromatic heterocycles. The first kappa shape index (κ1) is 19.2. The van der Waals surface area contributed by atoms with Crippen molar-refractivity contribution >= 4 is 11.7 Å². The van der Waals surface area contributed by atoms with Gasteiger partial charge in [0.1, 0.15) is 17.9 Å². The van der Waals surface area contributed by atoms with E-state index in [0.29, 0.717) is 28.8 Å². The molecule has 1 heterocycles. The minimum atomic E-state index is -0.197. The molecule has 3 aromatic rings. The second-order valence-corrected chi connectivity index (χ2v) is 5.90. The van der Waals surface area contributed by atoms with Crippen molar-refractivity contribution in [3.63, 3.8) is 0 Å². The molecule has 0 spiro atoms. The summed E-state index contributed by atoms with van der Waals surface area (Å²) in [7, 11) is 4.73. The molecule has 0 aliphatic heterocycles. The monoisotopic (exact) mass is 379 g/mol. The lowest BCUT2D eigenvalue weighted by Crippen LogP contribution is -2.15. The van der Waals surface area contributed by atoms with Crippen molar-refractivity contribution in [2.24, 2.45) is 0 Å². The Balaban J connectivity index is 1.75. The van der Waals surface area contributed by atoms with Crippen LogP contribution in [0.15, 0.2) is 54.9 Å². The molecule has 28 heavy (non-hydrogen) atoms. The summed E-state index contributed by atoms with van der Waals surface area (Å²) >= 11 is 0. The molecule has 0 unspecified atom stereocenters. The summed E-state index contributed by atoms with van der Waals surface area (Å²) in [5, 5.41) is 2.80. The quantitative estimate of drug-likeness (QED) is 0.678. The molecule has 0 saturated carbocycles. The van der Waals surface area contributed by atoms with Gasteiger partial charge in [0.2, 0.25) is 5.91 Å². The van der Waals surface area contributed by atoms with E-state index in [-0.39, 0.29) is 12.3 Å². The van der Waals surface area contributed by atoms with Gasteiger partial charge in [0.25, 0.3) is 0 Å². The van der Waals surface area contributed by atoms with Crippen LogP contribution in [0.2, 0.25) is 0 Å². The number of nitrogens with one attached hydrogen (secondary N) is 1. The van der Waals surface area contributed by atoms with Gasteiger partial charge in [-0.05, 0) is 29.8 Å². The van der Waals surface area contributed by atoms with Gasteiger partial charge in [0.05, 0.1) is 33.4 Å². The maximum absolute atomic E-state index is 12.4. The number of anilines is 1. The molecule has 7 heteroatoms. The number of ether oxygens (including phenoxy) is 3. The first-order valence-corrected chi connectivity index (χ1v) is 8.60. The number of carbonyl (C=O) groups excluding carboxylic acids is 1. The molecule has 144 valence electrons. The molecule has 0 radical (unpaired) electrons. The maximum atomic E-state index is 12.4. The molecule has 0 aliphatic carbocycles. The summed E-state index contributed by atoms with van der Waals surface area (Å²) in [6, 6.07) is 14.6. The van der Waals surface area contributed by atoms with Crippen LogP contribution in [0.1, 0.15) is 5.56 Å². The van der Waals surface area contributed by atoms with Crippen LogP contribution in [-0.4, -0.2) is 37.2 Å². The van der Waals surface area contributed by atoms with E-state index in [9.17, 15) is 4.79 Å². The van der Waals surface area contributed by atoms with Crippen LogP contribution in [-0.2, 0) is 11.2 Å². The van der Waals surface area contributed by atoms with Crippen molar-refractivity contribution in [3.05, 3.63) is 60.4 Å². The highest BCUT2D eigenvalue weighted by Crippen LogP contribution is 2.29. The Morgan fingerprint density at radius 2 is 1.64 bits per heavy atom. The third-order valence-corrected chi connectivity index (χ3v) is 4.13. The summed E-state index contributed by atoms with van der Waals surface area (Å²) in [6.07, 6.45) is 1.59. The van der Waals surface area contributed by atoms with Crippen LogP contribution in [0, 0.1) is 0 Å². The molecule has 0 atom stereocenters. The van der Waals surface area contributed by atoms with Crippen molar-refractivity contribution in [2.75, 3.05) is 26.6 Å². The Labute approximate surface area is 163 Å². The van der Waals surface area contributed by atoms with E-state index in [0.717, 1.165) is 11.1 Å². The van der Waals surface area contributed by atoms with Crippen LogP contribution >= 0.6 is 0 Å². The second-order valence-electron chi connectivity index (χ2n) is 5.90. The summed E-state index contributed by atoms with van der Waals surface area (Å²) in [5.41, 5.74) is 2.28. The summed E-state index contributed by atoms with van der Waals surface area (Å²) in [4.78, 5) is 20.9. The number of para-hydroxylation sites is 1. The van der Waals surface area contributed by atoms with E-state index in [1.54, 1.807) is 39.5 Å². The van der Waals surface area contributed by atoms with Crippen LogP contribution in [0.3, 0.4) is 0 Å². The van der Waals surface area contributed by atoms with Crippen LogP contribution < -0.4 is 19.5 Å². The lowest BCUT2D eigenvalue weighted by molar-refractivity contribution is -0.115. The van der Waals surface area contributed by atoms with Gasteiger partial charge >= 0.3 is 0 Å². The molecule has 2 aromatic carbocycles. The molecule has 1 amide bonds. The van der Waals surface area contributed by atoms with Gasteiger partial charge in [0, 0.05) is 11.6 Å². The lowest BCUT2D eigenvalue weighted by atomic mass is 10.1. The summed E-state index contributed by atoms with van der Waals surface area (Å²) in [5.74, 6) is 2.11. The Kier molecular flexibility index (Phi) is 6.06. The van der Waals surface area contributed by atoms with E-state index < -0.39 is 0 Å². The molecular formula is C21H21N3O4. The predicted molar refractivity (Wildman–Crippen MR) is 106 cm³/mol. The van der Waals surface area contributed by atoms with Crippen molar-refractivity contribution in [1.82, 2.24) is 9.97 Å². The first-order chi connectivity index (χ1) is 13.6. The Hall–Kier alpha value is -3.61. The summed E-state index contributed by atoms with van der Waals surface area (Å²) in [6.45, 7) is 0. The van der Waals surface area contributed by atoms with Gasteiger partial charge in [-0.25, -0.2) is 9.97 Å². The number of rotatable bonds is 7. The van der Waals surface area contributed by atoms with Crippen LogP contribution in [0.5, 0.6) is 17.2 Å². The summed E-state index contributed by atoms with van der Waals surface area (Å²) < 4.78 is 15.9. The minimum absolute atomic E-state index is 0.175.